The average Bonchev–Trinajstić information content (AvgIpc) is 2.77. The summed E-state index contributed by atoms with van der Waals surface area (Å²) in [4.78, 5) is 8.28. The van der Waals surface area contributed by atoms with E-state index in [2.05, 4.69) is 9.97 Å². The monoisotopic (exact) mass is 211 g/mol. The van der Waals surface area contributed by atoms with Gasteiger partial charge in [0.05, 0.1) is 0 Å². The van der Waals surface area contributed by atoms with Gasteiger partial charge in [0.1, 0.15) is 11.4 Å². The van der Waals surface area contributed by atoms with Crippen LogP contribution >= 0.6 is 0 Å². The highest BCUT2D eigenvalue weighted by atomic mass is 16.5. The van der Waals surface area contributed by atoms with Gasteiger partial charge in [-0.3, -0.25) is 0 Å². The molecule has 0 spiro atoms. The lowest BCUT2D eigenvalue weighted by atomic mass is 10.4. The van der Waals surface area contributed by atoms with Gasteiger partial charge in [0.15, 0.2) is 0 Å². The fraction of sp³-hybridized carbons (Fsp3) is 0. The standard InChI is InChI=1S/C12H9N3O/c1-2-5-14-12(3-1)16-10-4-7-15-8-6-13-11(15)9-10/h1-9H. The number of hydrogen-bond acceptors (Lipinski definition) is 3. The lowest BCUT2D eigenvalue weighted by molar-refractivity contribution is 0.462. The third-order valence-corrected chi connectivity index (χ3v) is 2.23. The first-order chi connectivity index (χ1) is 7.92. The molecule has 0 radical (unpaired) electrons. The smallest absolute Gasteiger partial charge is 0.219 e. The molecule has 3 heterocycles. The minimum atomic E-state index is 0.582. The van der Waals surface area contributed by atoms with Crippen molar-refractivity contribution in [3.05, 3.63) is 55.1 Å². The molecule has 0 aliphatic rings. The lowest BCUT2D eigenvalue weighted by Crippen LogP contribution is -1.88. The maximum atomic E-state index is 5.59. The van der Waals surface area contributed by atoms with Crippen LogP contribution in [-0.4, -0.2) is 14.4 Å². The van der Waals surface area contributed by atoms with E-state index in [9.17, 15) is 0 Å². The Morgan fingerprint density at radius 1 is 1.00 bits per heavy atom. The van der Waals surface area contributed by atoms with Crippen molar-refractivity contribution in [2.24, 2.45) is 0 Å². The van der Waals surface area contributed by atoms with Gasteiger partial charge in [0.25, 0.3) is 0 Å². The summed E-state index contributed by atoms with van der Waals surface area (Å²) in [6.45, 7) is 0. The maximum absolute atomic E-state index is 5.59. The van der Waals surface area contributed by atoms with Crippen molar-refractivity contribution in [2.75, 3.05) is 0 Å². The Morgan fingerprint density at radius 3 is 2.88 bits per heavy atom. The van der Waals surface area contributed by atoms with E-state index in [0.29, 0.717) is 5.88 Å². The van der Waals surface area contributed by atoms with Crippen molar-refractivity contribution in [1.82, 2.24) is 14.4 Å². The number of fused-ring (bicyclic) bond motifs is 1. The molecule has 4 nitrogen and oxygen atoms in total. The van der Waals surface area contributed by atoms with Crippen LogP contribution in [0, 0.1) is 0 Å². The summed E-state index contributed by atoms with van der Waals surface area (Å²) in [5.74, 6) is 1.32. The molecule has 3 aromatic rings. The highest BCUT2D eigenvalue weighted by Gasteiger charge is 1.99. The molecule has 0 N–H and O–H groups in total. The molecule has 3 aromatic heterocycles. The summed E-state index contributed by atoms with van der Waals surface area (Å²) >= 11 is 0. The minimum Gasteiger partial charge on any atom is -0.439 e. The number of aromatic nitrogens is 3. The summed E-state index contributed by atoms with van der Waals surface area (Å²) in [5.41, 5.74) is 0.855. The van der Waals surface area contributed by atoms with E-state index in [1.165, 1.54) is 0 Å². The number of imidazole rings is 1. The summed E-state index contributed by atoms with van der Waals surface area (Å²) < 4.78 is 7.51. The predicted octanol–water partition coefficient (Wildman–Crippen LogP) is 2.52. The molecule has 0 aromatic carbocycles. The molecular formula is C12H9N3O. The molecule has 3 rings (SSSR count). The molecule has 0 amide bonds. The van der Waals surface area contributed by atoms with Crippen LogP contribution in [0.15, 0.2) is 55.1 Å². The number of rotatable bonds is 2. The third kappa shape index (κ3) is 1.61. The molecule has 4 heteroatoms. The van der Waals surface area contributed by atoms with Gasteiger partial charge in [0.2, 0.25) is 5.88 Å². The Bertz CT molecular complexity index is 604. The molecule has 16 heavy (non-hydrogen) atoms. The SMILES string of the molecule is c1ccc(Oc2ccn3ccnc3c2)nc1. The van der Waals surface area contributed by atoms with Crippen LogP contribution in [0.5, 0.6) is 11.6 Å². The molecule has 0 aliphatic carbocycles. The second-order valence-electron chi connectivity index (χ2n) is 3.33. The molecule has 78 valence electrons. The summed E-state index contributed by atoms with van der Waals surface area (Å²) in [5, 5.41) is 0. The molecule has 0 aliphatic heterocycles. The maximum Gasteiger partial charge on any atom is 0.219 e. The Balaban J connectivity index is 1.94. The largest absolute Gasteiger partial charge is 0.439 e. The Hall–Kier alpha value is -2.36. The van der Waals surface area contributed by atoms with Crippen LogP contribution in [0.1, 0.15) is 0 Å². The van der Waals surface area contributed by atoms with E-state index < -0.39 is 0 Å². The quantitative estimate of drug-likeness (QED) is 0.653. The van der Waals surface area contributed by atoms with Gasteiger partial charge < -0.3 is 9.14 Å². The fourth-order valence-corrected chi connectivity index (χ4v) is 1.48. The first-order valence-electron chi connectivity index (χ1n) is 4.93. The Kier molecular flexibility index (Phi) is 2.04. The van der Waals surface area contributed by atoms with Crippen molar-refractivity contribution in [3.8, 4) is 11.6 Å². The number of hydrogen-bond donors (Lipinski definition) is 0. The molecular weight excluding hydrogens is 202 g/mol. The number of ether oxygens (including phenoxy) is 1. The summed E-state index contributed by atoms with van der Waals surface area (Å²) in [7, 11) is 0. The van der Waals surface area contributed by atoms with Gasteiger partial charge in [0, 0.05) is 36.9 Å². The second-order valence-corrected chi connectivity index (χ2v) is 3.33. The molecule has 0 saturated carbocycles. The molecule has 0 bridgehead atoms. The van der Waals surface area contributed by atoms with Crippen molar-refractivity contribution in [3.63, 3.8) is 0 Å². The van der Waals surface area contributed by atoms with Crippen LogP contribution < -0.4 is 4.74 Å². The highest BCUT2D eigenvalue weighted by Crippen LogP contribution is 2.19. The topological polar surface area (TPSA) is 39.4 Å². The summed E-state index contributed by atoms with van der Waals surface area (Å²) in [6, 6.07) is 9.30. The van der Waals surface area contributed by atoms with Crippen molar-refractivity contribution < 1.29 is 4.74 Å². The Labute approximate surface area is 92.2 Å². The average molecular weight is 211 g/mol. The van der Waals surface area contributed by atoms with E-state index in [1.807, 2.05) is 47.1 Å². The van der Waals surface area contributed by atoms with Gasteiger partial charge >= 0.3 is 0 Å². The highest BCUT2D eigenvalue weighted by molar-refractivity contribution is 5.44. The van der Waals surface area contributed by atoms with Crippen LogP contribution in [-0.2, 0) is 0 Å². The molecule has 0 saturated heterocycles. The van der Waals surface area contributed by atoms with E-state index in [-0.39, 0.29) is 0 Å². The third-order valence-electron chi connectivity index (χ3n) is 2.23. The zero-order valence-corrected chi connectivity index (χ0v) is 8.45. The van der Waals surface area contributed by atoms with Crippen molar-refractivity contribution in [1.29, 1.82) is 0 Å². The van der Waals surface area contributed by atoms with Crippen LogP contribution in [0.25, 0.3) is 5.65 Å². The van der Waals surface area contributed by atoms with E-state index in [4.69, 9.17) is 4.74 Å². The summed E-state index contributed by atoms with van der Waals surface area (Å²) in [6.07, 6.45) is 7.24. The van der Waals surface area contributed by atoms with Crippen molar-refractivity contribution >= 4 is 5.65 Å². The second kappa shape index (κ2) is 3.66. The van der Waals surface area contributed by atoms with E-state index in [1.54, 1.807) is 12.4 Å². The number of nitrogens with zero attached hydrogens (tertiary/aromatic N) is 3. The zero-order valence-electron chi connectivity index (χ0n) is 8.45. The van der Waals surface area contributed by atoms with Gasteiger partial charge in [-0.2, -0.15) is 0 Å². The lowest BCUT2D eigenvalue weighted by Gasteiger charge is -2.03. The van der Waals surface area contributed by atoms with Crippen LogP contribution in [0.2, 0.25) is 0 Å². The first kappa shape index (κ1) is 8.91. The first-order valence-corrected chi connectivity index (χ1v) is 4.93. The normalized spacial score (nSPS) is 10.5. The van der Waals surface area contributed by atoms with Gasteiger partial charge in [-0.15, -0.1) is 0 Å². The fourth-order valence-electron chi connectivity index (χ4n) is 1.48. The van der Waals surface area contributed by atoms with Gasteiger partial charge in [-0.05, 0) is 12.1 Å². The Morgan fingerprint density at radius 2 is 2.00 bits per heavy atom. The molecule has 0 atom stereocenters. The van der Waals surface area contributed by atoms with E-state index in [0.717, 1.165) is 11.4 Å². The zero-order chi connectivity index (χ0) is 10.8. The van der Waals surface area contributed by atoms with Gasteiger partial charge in [-0.1, -0.05) is 6.07 Å². The van der Waals surface area contributed by atoms with Gasteiger partial charge in [-0.25, -0.2) is 9.97 Å². The number of pyridine rings is 2. The van der Waals surface area contributed by atoms with Crippen LogP contribution in [0.4, 0.5) is 0 Å². The molecule has 0 fully saturated rings. The predicted molar refractivity (Wildman–Crippen MR) is 59.5 cm³/mol. The minimum absolute atomic E-state index is 0.582. The van der Waals surface area contributed by atoms with Crippen LogP contribution in [0.3, 0.4) is 0 Å². The van der Waals surface area contributed by atoms with Crippen molar-refractivity contribution in [2.45, 2.75) is 0 Å². The molecule has 0 unspecified atom stereocenters. The van der Waals surface area contributed by atoms with E-state index >= 15 is 0 Å².